The molecule has 0 saturated carbocycles. The van der Waals surface area contributed by atoms with Crippen LogP contribution in [-0.4, -0.2) is 45.3 Å². The predicted octanol–water partition coefficient (Wildman–Crippen LogP) is 5.19. The Morgan fingerprint density at radius 2 is 1.53 bits per heavy atom. The predicted molar refractivity (Wildman–Crippen MR) is 128 cm³/mol. The molecule has 2 atom stereocenters. The summed E-state index contributed by atoms with van der Waals surface area (Å²) in [6, 6.07) is 17.2. The number of fused-ring (bicyclic) bond motifs is 1. The van der Waals surface area contributed by atoms with Crippen LogP contribution in [0.5, 0.6) is 23.0 Å². The standard InChI is InChI=1S/C27H25NO6/c1-30-18-11-10-16(12-19(18)31-2)26-27(34-26)25(29)23-21(33-4)13-20(32-3)22-17(14-28-24(22)23)15-8-6-5-7-9-15/h5-14,26-28H,1-4H3. The molecule has 3 aromatic carbocycles. The number of hydrogen-bond acceptors (Lipinski definition) is 6. The fraction of sp³-hybridized carbons (Fsp3) is 0.222. The van der Waals surface area contributed by atoms with E-state index in [1.165, 1.54) is 7.11 Å². The van der Waals surface area contributed by atoms with Gasteiger partial charge in [0.25, 0.3) is 0 Å². The van der Waals surface area contributed by atoms with E-state index in [1.54, 1.807) is 33.5 Å². The first-order chi connectivity index (χ1) is 16.6. The van der Waals surface area contributed by atoms with Crippen LogP contribution in [0.3, 0.4) is 0 Å². The number of aromatic amines is 1. The number of methoxy groups -OCH3 is 4. The van der Waals surface area contributed by atoms with Gasteiger partial charge >= 0.3 is 0 Å². The van der Waals surface area contributed by atoms with Gasteiger partial charge in [-0.05, 0) is 23.3 Å². The maximum absolute atomic E-state index is 13.7. The lowest BCUT2D eigenvalue weighted by molar-refractivity contribution is 0.0952. The molecule has 34 heavy (non-hydrogen) atoms. The van der Waals surface area contributed by atoms with Crippen LogP contribution in [0.4, 0.5) is 0 Å². The first-order valence-corrected chi connectivity index (χ1v) is 10.8. The van der Waals surface area contributed by atoms with Gasteiger partial charge < -0.3 is 28.7 Å². The van der Waals surface area contributed by atoms with Gasteiger partial charge in [0.15, 0.2) is 23.4 Å². The van der Waals surface area contributed by atoms with Gasteiger partial charge in [-0.15, -0.1) is 0 Å². The van der Waals surface area contributed by atoms with Crippen LogP contribution in [0.1, 0.15) is 22.0 Å². The summed E-state index contributed by atoms with van der Waals surface area (Å²) in [6.45, 7) is 0. The molecule has 0 aliphatic carbocycles. The van der Waals surface area contributed by atoms with E-state index in [0.29, 0.717) is 34.1 Å². The van der Waals surface area contributed by atoms with Crippen molar-refractivity contribution in [2.24, 2.45) is 0 Å². The van der Waals surface area contributed by atoms with Gasteiger partial charge in [0.05, 0.1) is 44.9 Å². The van der Waals surface area contributed by atoms with Crippen molar-refractivity contribution >= 4 is 16.7 Å². The van der Waals surface area contributed by atoms with Crippen molar-refractivity contribution < 1.29 is 28.5 Å². The molecule has 2 unspecified atom stereocenters. The third-order valence-corrected chi connectivity index (χ3v) is 6.14. The van der Waals surface area contributed by atoms with Gasteiger partial charge in [0, 0.05) is 17.8 Å². The average molecular weight is 459 g/mol. The molecule has 0 spiro atoms. The van der Waals surface area contributed by atoms with Crippen molar-refractivity contribution in [1.82, 2.24) is 4.98 Å². The second-order valence-corrected chi connectivity index (χ2v) is 7.93. The van der Waals surface area contributed by atoms with E-state index in [-0.39, 0.29) is 11.9 Å². The first-order valence-electron chi connectivity index (χ1n) is 10.8. The molecule has 174 valence electrons. The molecule has 1 aliphatic heterocycles. The van der Waals surface area contributed by atoms with Crippen LogP contribution in [0, 0.1) is 0 Å². The van der Waals surface area contributed by atoms with Crippen LogP contribution in [0.15, 0.2) is 60.8 Å². The second-order valence-electron chi connectivity index (χ2n) is 7.93. The Hall–Kier alpha value is -3.97. The number of carbonyl (C=O) groups excluding carboxylic acids is 1. The number of ketones is 1. The lowest BCUT2D eigenvalue weighted by Crippen LogP contribution is -2.11. The van der Waals surface area contributed by atoms with Gasteiger partial charge in [-0.2, -0.15) is 0 Å². The zero-order chi connectivity index (χ0) is 23.8. The summed E-state index contributed by atoms with van der Waals surface area (Å²) in [5.74, 6) is 2.09. The van der Waals surface area contributed by atoms with E-state index in [4.69, 9.17) is 23.7 Å². The highest BCUT2D eigenvalue weighted by molar-refractivity contribution is 6.16. The minimum atomic E-state index is -0.632. The van der Waals surface area contributed by atoms with E-state index < -0.39 is 6.10 Å². The highest BCUT2D eigenvalue weighted by Gasteiger charge is 2.48. The minimum Gasteiger partial charge on any atom is -0.496 e. The highest BCUT2D eigenvalue weighted by Crippen LogP contribution is 2.47. The molecule has 1 aromatic heterocycles. The monoisotopic (exact) mass is 459 g/mol. The number of ether oxygens (including phenoxy) is 5. The van der Waals surface area contributed by atoms with Crippen molar-refractivity contribution in [3.63, 3.8) is 0 Å². The number of carbonyl (C=O) groups is 1. The van der Waals surface area contributed by atoms with Crippen LogP contribution in [0.2, 0.25) is 0 Å². The molecule has 0 amide bonds. The molecular weight excluding hydrogens is 434 g/mol. The molecule has 0 bridgehead atoms. The Balaban J connectivity index is 1.56. The van der Waals surface area contributed by atoms with E-state index in [0.717, 1.165) is 22.1 Å². The summed E-state index contributed by atoms with van der Waals surface area (Å²) < 4.78 is 27.8. The fourth-order valence-electron chi connectivity index (χ4n) is 4.41. The minimum absolute atomic E-state index is 0.161. The summed E-state index contributed by atoms with van der Waals surface area (Å²) in [5, 5.41) is 0.821. The second kappa shape index (κ2) is 8.76. The average Bonchev–Trinajstić information content (AvgIpc) is 3.58. The van der Waals surface area contributed by atoms with Crippen LogP contribution in [-0.2, 0) is 4.74 Å². The Labute approximate surface area is 197 Å². The van der Waals surface area contributed by atoms with Gasteiger partial charge in [0.1, 0.15) is 17.6 Å². The van der Waals surface area contributed by atoms with Gasteiger partial charge in [-0.25, -0.2) is 0 Å². The lowest BCUT2D eigenvalue weighted by atomic mass is 9.97. The molecule has 1 saturated heterocycles. The molecule has 7 heteroatoms. The van der Waals surface area contributed by atoms with Crippen LogP contribution in [0.25, 0.3) is 22.0 Å². The van der Waals surface area contributed by atoms with Crippen LogP contribution < -0.4 is 18.9 Å². The Kier molecular flexibility index (Phi) is 5.63. The third-order valence-electron chi connectivity index (χ3n) is 6.14. The van der Waals surface area contributed by atoms with Crippen molar-refractivity contribution in [2.75, 3.05) is 28.4 Å². The normalized spacial score (nSPS) is 16.8. The van der Waals surface area contributed by atoms with Crippen molar-refractivity contribution in [3.05, 3.63) is 71.9 Å². The van der Waals surface area contributed by atoms with E-state index >= 15 is 0 Å². The van der Waals surface area contributed by atoms with Gasteiger partial charge in [-0.1, -0.05) is 36.4 Å². The molecule has 4 aromatic rings. The fourth-order valence-corrected chi connectivity index (χ4v) is 4.41. The van der Waals surface area contributed by atoms with E-state index in [2.05, 4.69) is 4.98 Å². The largest absolute Gasteiger partial charge is 0.496 e. The lowest BCUT2D eigenvalue weighted by Gasteiger charge is -2.13. The molecule has 1 aliphatic rings. The Morgan fingerprint density at radius 3 is 2.21 bits per heavy atom. The number of epoxide rings is 1. The number of H-pyrrole nitrogens is 1. The molecule has 5 rings (SSSR count). The summed E-state index contributed by atoms with van der Waals surface area (Å²) in [7, 11) is 6.30. The molecule has 0 radical (unpaired) electrons. The van der Waals surface area contributed by atoms with Gasteiger partial charge in [0.2, 0.25) is 0 Å². The number of benzene rings is 3. The smallest absolute Gasteiger partial charge is 0.200 e. The molecule has 7 nitrogen and oxygen atoms in total. The van der Waals surface area contributed by atoms with E-state index in [9.17, 15) is 4.79 Å². The zero-order valence-electron chi connectivity index (χ0n) is 19.4. The maximum Gasteiger partial charge on any atom is 0.200 e. The molecule has 1 N–H and O–H groups in total. The number of nitrogens with one attached hydrogen (secondary N) is 1. The SMILES string of the molecule is COc1ccc(C2OC2C(=O)c2c(OC)cc(OC)c3c(-c4ccccc4)c[nH]c23)cc1OC. The summed E-state index contributed by atoms with van der Waals surface area (Å²) in [5.41, 5.74) is 3.89. The van der Waals surface area contributed by atoms with Crippen molar-refractivity contribution in [2.45, 2.75) is 12.2 Å². The number of Topliss-reactive ketones (excluding diaryl/α,β-unsaturated/α-hetero) is 1. The number of rotatable bonds is 8. The molecular formula is C27H25NO6. The van der Waals surface area contributed by atoms with E-state index in [1.807, 2.05) is 48.7 Å². The summed E-state index contributed by atoms with van der Waals surface area (Å²) >= 11 is 0. The maximum atomic E-state index is 13.7. The topological polar surface area (TPSA) is 82.3 Å². The summed E-state index contributed by atoms with van der Waals surface area (Å²) in [4.78, 5) is 17.0. The zero-order valence-corrected chi connectivity index (χ0v) is 19.4. The molecule has 2 heterocycles. The Bertz CT molecular complexity index is 1360. The Morgan fingerprint density at radius 1 is 0.824 bits per heavy atom. The van der Waals surface area contributed by atoms with Gasteiger partial charge in [-0.3, -0.25) is 4.79 Å². The van der Waals surface area contributed by atoms with Crippen molar-refractivity contribution in [3.8, 4) is 34.1 Å². The highest BCUT2D eigenvalue weighted by atomic mass is 16.6. The van der Waals surface area contributed by atoms with Crippen molar-refractivity contribution in [1.29, 1.82) is 0 Å². The summed E-state index contributed by atoms with van der Waals surface area (Å²) in [6.07, 6.45) is 0.878. The van der Waals surface area contributed by atoms with Crippen LogP contribution >= 0.6 is 0 Å². The number of hydrogen-bond donors (Lipinski definition) is 1. The first kappa shape index (κ1) is 21.9. The number of aromatic nitrogens is 1. The quantitative estimate of drug-likeness (QED) is 0.288. The molecule has 1 fully saturated rings. The third kappa shape index (κ3) is 3.54.